The first-order valence-electron chi connectivity index (χ1n) is 8.80. The van der Waals surface area contributed by atoms with Gasteiger partial charge in [0.05, 0.1) is 11.4 Å². The molecule has 3 rings (SSSR count). The Hall–Kier alpha value is -2.69. The van der Waals surface area contributed by atoms with Crippen LogP contribution in [-0.2, 0) is 12.8 Å². The van der Waals surface area contributed by atoms with E-state index < -0.39 is 0 Å². The van der Waals surface area contributed by atoms with Crippen LogP contribution in [0.1, 0.15) is 55.6 Å². The van der Waals surface area contributed by atoms with Gasteiger partial charge in [0.15, 0.2) is 0 Å². The third-order valence-electron chi connectivity index (χ3n) is 4.26. The van der Waals surface area contributed by atoms with Gasteiger partial charge in [0, 0.05) is 18.8 Å². The lowest BCUT2D eigenvalue weighted by atomic mass is 9.97. The molecule has 1 aromatic carbocycles. The zero-order valence-corrected chi connectivity index (χ0v) is 15.0. The molecule has 0 fully saturated rings. The summed E-state index contributed by atoms with van der Waals surface area (Å²) >= 11 is 0. The van der Waals surface area contributed by atoms with Crippen LogP contribution in [0, 0.1) is 0 Å². The summed E-state index contributed by atoms with van der Waals surface area (Å²) in [5.74, 6) is 0.266. The van der Waals surface area contributed by atoms with Crippen LogP contribution in [0.5, 0.6) is 0 Å². The highest BCUT2D eigenvalue weighted by Crippen LogP contribution is 2.26. The molecule has 0 spiro atoms. The van der Waals surface area contributed by atoms with E-state index in [1.165, 1.54) is 15.8 Å². The molecule has 0 atom stereocenters. The number of hydrogen-bond acceptors (Lipinski definition) is 3. The molecule has 5 nitrogen and oxygen atoms in total. The van der Waals surface area contributed by atoms with Crippen LogP contribution in [0.3, 0.4) is 0 Å². The van der Waals surface area contributed by atoms with Gasteiger partial charge in [-0.15, -0.1) is 0 Å². The molecule has 130 valence electrons. The lowest BCUT2D eigenvalue weighted by Gasteiger charge is -2.09. The van der Waals surface area contributed by atoms with Gasteiger partial charge in [-0.25, -0.2) is 4.79 Å². The van der Waals surface area contributed by atoms with Crippen LogP contribution in [0.2, 0.25) is 0 Å². The van der Waals surface area contributed by atoms with Crippen LogP contribution < -0.4 is 0 Å². The fourth-order valence-electron chi connectivity index (χ4n) is 3.10. The molecule has 0 saturated heterocycles. The van der Waals surface area contributed by atoms with E-state index in [2.05, 4.69) is 43.1 Å². The average molecular weight is 336 g/mol. The Kier molecular flexibility index (Phi) is 5.12. The number of carbonyl (C=O) groups is 1. The molecule has 0 aliphatic rings. The summed E-state index contributed by atoms with van der Waals surface area (Å²) in [6, 6.07) is 11.7. The van der Waals surface area contributed by atoms with Crippen LogP contribution in [0.15, 0.2) is 48.8 Å². The normalized spacial score (nSPS) is 11.2. The van der Waals surface area contributed by atoms with E-state index in [4.69, 9.17) is 0 Å². The van der Waals surface area contributed by atoms with E-state index in [9.17, 15) is 4.79 Å². The van der Waals surface area contributed by atoms with Gasteiger partial charge in [-0.2, -0.15) is 19.6 Å². The molecule has 0 saturated carbocycles. The zero-order chi connectivity index (χ0) is 17.8. The van der Waals surface area contributed by atoms with Crippen molar-refractivity contribution in [1.82, 2.24) is 19.6 Å². The van der Waals surface area contributed by atoms with Crippen LogP contribution in [0.4, 0.5) is 4.79 Å². The zero-order valence-electron chi connectivity index (χ0n) is 15.0. The standard InChI is InChI=1S/C20H24N4O/c1-4-9-17-18(14-16-10-6-5-7-11-16)24(22-19(17)15(2)3)20(25)23-13-8-12-21-23/h5-8,10-13,15H,4,9,14H2,1-3H3. The lowest BCUT2D eigenvalue weighted by molar-refractivity contribution is 0.237. The van der Waals surface area contributed by atoms with Gasteiger partial charge in [-0.05, 0) is 29.5 Å². The summed E-state index contributed by atoms with van der Waals surface area (Å²) in [6.45, 7) is 6.40. The minimum Gasteiger partial charge on any atom is -0.244 e. The van der Waals surface area contributed by atoms with Crippen molar-refractivity contribution in [2.24, 2.45) is 0 Å². The van der Waals surface area contributed by atoms with Gasteiger partial charge in [0.25, 0.3) is 0 Å². The van der Waals surface area contributed by atoms with Crippen molar-refractivity contribution in [3.05, 3.63) is 71.3 Å². The summed E-state index contributed by atoms with van der Waals surface area (Å²) in [5, 5.41) is 8.76. The first-order valence-corrected chi connectivity index (χ1v) is 8.80. The Labute approximate surface area is 148 Å². The molecule has 0 unspecified atom stereocenters. The molecule has 3 aromatic rings. The molecule has 0 amide bonds. The summed E-state index contributed by atoms with van der Waals surface area (Å²) < 4.78 is 2.88. The Balaban J connectivity index is 2.12. The van der Waals surface area contributed by atoms with Gasteiger partial charge in [0.2, 0.25) is 0 Å². The molecular formula is C20H24N4O. The highest BCUT2D eigenvalue weighted by Gasteiger charge is 2.23. The maximum Gasteiger partial charge on any atom is 0.369 e. The first-order chi connectivity index (χ1) is 12.1. The predicted octanol–water partition coefficient (Wildman–Crippen LogP) is 4.26. The van der Waals surface area contributed by atoms with Crippen molar-refractivity contribution in [3.8, 4) is 0 Å². The fraction of sp³-hybridized carbons (Fsp3) is 0.350. The molecule has 0 N–H and O–H groups in total. The third kappa shape index (κ3) is 3.55. The number of aromatic nitrogens is 4. The number of benzene rings is 1. The Bertz CT molecular complexity index is 832. The summed E-state index contributed by atoms with van der Waals surface area (Å²) in [7, 11) is 0. The van der Waals surface area contributed by atoms with Crippen molar-refractivity contribution in [3.63, 3.8) is 0 Å². The second-order valence-corrected chi connectivity index (χ2v) is 6.52. The molecule has 0 radical (unpaired) electrons. The number of hydrogen-bond donors (Lipinski definition) is 0. The molecule has 0 bridgehead atoms. The Morgan fingerprint density at radius 1 is 1.16 bits per heavy atom. The number of carbonyl (C=O) groups excluding carboxylic acids is 1. The molecule has 25 heavy (non-hydrogen) atoms. The van der Waals surface area contributed by atoms with Crippen molar-refractivity contribution in [2.75, 3.05) is 0 Å². The topological polar surface area (TPSA) is 52.7 Å². The predicted molar refractivity (Wildman–Crippen MR) is 98.0 cm³/mol. The monoisotopic (exact) mass is 336 g/mol. The van der Waals surface area contributed by atoms with E-state index in [0.717, 1.165) is 24.2 Å². The summed E-state index contributed by atoms with van der Waals surface area (Å²) in [5.41, 5.74) is 4.34. The second-order valence-electron chi connectivity index (χ2n) is 6.52. The van der Waals surface area contributed by atoms with Gasteiger partial charge < -0.3 is 0 Å². The molecule has 2 aromatic heterocycles. The summed E-state index contributed by atoms with van der Waals surface area (Å²) in [4.78, 5) is 12.9. The lowest BCUT2D eigenvalue weighted by Crippen LogP contribution is -2.23. The SMILES string of the molecule is CCCc1c(C(C)C)nn(C(=O)n2cccn2)c1Cc1ccccc1. The highest BCUT2D eigenvalue weighted by atomic mass is 16.2. The molecule has 0 aliphatic heterocycles. The van der Waals surface area contributed by atoms with Gasteiger partial charge in [-0.1, -0.05) is 57.5 Å². The minimum atomic E-state index is -0.236. The highest BCUT2D eigenvalue weighted by molar-refractivity contribution is 5.78. The smallest absolute Gasteiger partial charge is 0.244 e. The van der Waals surface area contributed by atoms with Gasteiger partial charge >= 0.3 is 6.03 Å². The maximum atomic E-state index is 12.9. The fourth-order valence-corrected chi connectivity index (χ4v) is 3.10. The van der Waals surface area contributed by atoms with E-state index in [-0.39, 0.29) is 11.9 Å². The Morgan fingerprint density at radius 2 is 1.92 bits per heavy atom. The first kappa shape index (κ1) is 17.1. The molecule has 2 heterocycles. The molecule has 5 heteroatoms. The van der Waals surface area contributed by atoms with E-state index in [1.807, 2.05) is 18.2 Å². The molecule has 0 aliphatic carbocycles. The van der Waals surface area contributed by atoms with Crippen LogP contribution in [0.25, 0.3) is 0 Å². The van der Waals surface area contributed by atoms with Crippen molar-refractivity contribution in [1.29, 1.82) is 0 Å². The maximum absolute atomic E-state index is 12.9. The van der Waals surface area contributed by atoms with Crippen molar-refractivity contribution in [2.45, 2.75) is 46.0 Å². The van der Waals surface area contributed by atoms with Crippen LogP contribution >= 0.6 is 0 Å². The third-order valence-corrected chi connectivity index (χ3v) is 4.26. The molecular weight excluding hydrogens is 312 g/mol. The Morgan fingerprint density at radius 3 is 2.52 bits per heavy atom. The van der Waals surface area contributed by atoms with Crippen molar-refractivity contribution >= 4 is 6.03 Å². The number of nitrogens with zero attached hydrogens (tertiary/aromatic N) is 4. The van der Waals surface area contributed by atoms with E-state index >= 15 is 0 Å². The van der Waals surface area contributed by atoms with Gasteiger partial charge in [-0.3, -0.25) is 0 Å². The average Bonchev–Trinajstić information content (AvgIpc) is 3.25. The number of rotatable bonds is 5. The quantitative estimate of drug-likeness (QED) is 0.699. The minimum absolute atomic E-state index is 0.236. The summed E-state index contributed by atoms with van der Waals surface area (Å²) in [6.07, 6.45) is 5.88. The van der Waals surface area contributed by atoms with E-state index in [0.29, 0.717) is 6.42 Å². The van der Waals surface area contributed by atoms with Gasteiger partial charge in [0.1, 0.15) is 0 Å². The van der Waals surface area contributed by atoms with E-state index in [1.54, 1.807) is 23.1 Å². The van der Waals surface area contributed by atoms with Crippen LogP contribution in [-0.4, -0.2) is 25.6 Å². The van der Waals surface area contributed by atoms with Crippen molar-refractivity contribution < 1.29 is 4.79 Å². The second kappa shape index (κ2) is 7.47. The largest absolute Gasteiger partial charge is 0.369 e.